The van der Waals surface area contributed by atoms with Crippen LogP contribution in [0.1, 0.15) is 23.6 Å². The molecule has 0 amide bonds. The molecule has 0 bridgehead atoms. The summed E-state index contributed by atoms with van der Waals surface area (Å²) in [6, 6.07) is 28.7. The number of esters is 1. The molecule has 7 heteroatoms. The van der Waals surface area contributed by atoms with Crippen LogP contribution in [0.5, 0.6) is 0 Å². The lowest BCUT2D eigenvalue weighted by Crippen LogP contribution is -2.66. The molecule has 190 valence electrons. The fourth-order valence-electron chi connectivity index (χ4n) is 4.36. The van der Waals surface area contributed by atoms with Gasteiger partial charge in [-0.15, -0.1) is 0 Å². The van der Waals surface area contributed by atoms with E-state index in [0.717, 1.165) is 16.7 Å². The third-order valence-electron chi connectivity index (χ3n) is 6.15. The molecule has 4 rings (SSSR count). The van der Waals surface area contributed by atoms with Crippen LogP contribution < -0.4 is 0 Å². The SMILES string of the molecule is CC(=O)OC1[C@@H](O)[C@H](OCc2ccccc2)C(OCc2ccccc2)[C@H](OCc2ccccc2)[C@@H]1O. The molecule has 0 saturated heterocycles. The van der Waals surface area contributed by atoms with E-state index >= 15 is 0 Å². The number of benzene rings is 3. The van der Waals surface area contributed by atoms with Crippen molar-refractivity contribution in [3.63, 3.8) is 0 Å². The Kier molecular flexibility index (Phi) is 9.22. The quantitative estimate of drug-likeness (QED) is 0.419. The molecule has 2 unspecified atom stereocenters. The molecular weight excluding hydrogens is 460 g/mol. The maximum atomic E-state index is 11.8. The Morgan fingerprint density at radius 3 is 1.25 bits per heavy atom. The van der Waals surface area contributed by atoms with Crippen molar-refractivity contribution in [3.05, 3.63) is 108 Å². The second-order valence-electron chi connectivity index (χ2n) is 8.84. The Hall–Kier alpha value is -3.07. The summed E-state index contributed by atoms with van der Waals surface area (Å²) in [6.07, 6.45) is -6.59. The first-order valence-corrected chi connectivity index (χ1v) is 12.0. The van der Waals surface area contributed by atoms with Crippen molar-refractivity contribution < 1.29 is 34.0 Å². The number of hydrogen-bond acceptors (Lipinski definition) is 7. The van der Waals surface area contributed by atoms with Crippen LogP contribution in [-0.4, -0.2) is 52.8 Å². The number of aliphatic hydroxyl groups excluding tert-OH is 2. The zero-order valence-electron chi connectivity index (χ0n) is 20.2. The van der Waals surface area contributed by atoms with E-state index in [1.54, 1.807) is 0 Å². The monoisotopic (exact) mass is 492 g/mol. The zero-order chi connectivity index (χ0) is 25.3. The number of ether oxygens (including phenoxy) is 4. The van der Waals surface area contributed by atoms with Gasteiger partial charge in [0.2, 0.25) is 0 Å². The molecule has 0 heterocycles. The molecular formula is C29H32O7. The molecule has 2 N–H and O–H groups in total. The average Bonchev–Trinajstić information content (AvgIpc) is 2.90. The van der Waals surface area contributed by atoms with E-state index in [1.807, 2.05) is 91.0 Å². The molecule has 1 fully saturated rings. The van der Waals surface area contributed by atoms with Crippen LogP contribution >= 0.6 is 0 Å². The van der Waals surface area contributed by atoms with Gasteiger partial charge in [-0.2, -0.15) is 0 Å². The minimum atomic E-state index is -1.33. The van der Waals surface area contributed by atoms with Crippen molar-refractivity contribution >= 4 is 5.97 Å². The number of rotatable bonds is 10. The minimum Gasteiger partial charge on any atom is -0.457 e. The van der Waals surface area contributed by atoms with Gasteiger partial charge in [0.1, 0.15) is 30.5 Å². The molecule has 0 spiro atoms. The van der Waals surface area contributed by atoms with Crippen LogP contribution in [0.4, 0.5) is 0 Å². The first-order valence-electron chi connectivity index (χ1n) is 12.0. The molecule has 1 aliphatic carbocycles. The van der Waals surface area contributed by atoms with Crippen molar-refractivity contribution in [2.24, 2.45) is 0 Å². The van der Waals surface area contributed by atoms with E-state index < -0.39 is 42.6 Å². The number of aliphatic hydroxyl groups is 2. The molecule has 6 atom stereocenters. The van der Waals surface area contributed by atoms with E-state index in [-0.39, 0.29) is 19.8 Å². The highest BCUT2D eigenvalue weighted by Crippen LogP contribution is 2.32. The predicted molar refractivity (Wildman–Crippen MR) is 133 cm³/mol. The van der Waals surface area contributed by atoms with Gasteiger partial charge in [-0.1, -0.05) is 91.0 Å². The summed E-state index contributed by atoms with van der Waals surface area (Å²) in [4.78, 5) is 11.8. The van der Waals surface area contributed by atoms with Crippen molar-refractivity contribution in [2.75, 3.05) is 0 Å². The number of carbonyl (C=O) groups is 1. The Morgan fingerprint density at radius 2 is 0.917 bits per heavy atom. The molecule has 3 aromatic carbocycles. The standard InChI is InChI=1S/C29H32O7/c1-20(30)36-26-24(31)27(33-17-21-11-5-2-6-12-21)29(35-19-23-15-9-4-10-16-23)28(25(26)32)34-18-22-13-7-3-8-14-22/h2-16,24-29,31-32H,17-19H2,1H3/t24-,25-,26?,27-,28+,29?/m1/s1. The topological polar surface area (TPSA) is 94.5 Å². The second kappa shape index (κ2) is 12.8. The Bertz CT molecular complexity index is 1000. The van der Waals surface area contributed by atoms with Gasteiger partial charge in [0.05, 0.1) is 19.8 Å². The average molecular weight is 493 g/mol. The van der Waals surface area contributed by atoms with Crippen molar-refractivity contribution in [3.8, 4) is 0 Å². The highest BCUT2D eigenvalue weighted by molar-refractivity contribution is 5.66. The molecule has 0 aromatic heterocycles. The largest absolute Gasteiger partial charge is 0.457 e. The van der Waals surface area contributed by atoms with Gasteiger partial charge < -0.3 is 29.2 Å². The molecule has 0 radical (unpaired) electrons. The van der Waals surface area contributed by atoms with Crippen LogP contribution in [0, 0.1) is 0 Å². The fraction of sp³-hybridized carbons (Fsp3) is 0.345. The number of hydrogen-bond donors (Lipinski definition) is 2. The van der Waals surface area contributed by atoms with Gasteiger partial charge in [-0.25, -0.2) is 0 Å². The summed E-state index contributed by atoms with van der Waals surface area (Å²) >= 11 is 0. The smallest absolute Gasteiger partial charge is 0.303 e. The van der Waals surface area contributed by atoms with E-state index in [9.17, 15) is 15.0 Å². The molecule has 1 saturated carbocycles. The first-order chi connectivity index (χ1) is 17.5. The van der Waals surface area contributed by atoms with Crippen molar-refractivity contribution in [1.82, 2.24) is 0 Å². The van der Waals surface area contributed by atoms with Crippen molar-refractivity contribution in [1.29, 1.82) is 0 Å². The Labute approximate surface area is 211 Å². The summed E-state index contributed by atoms with van der Waals surface area (Å²) in [5.74, 6) is -0.620. The zero-order valence-corrected chi connectivity index (χ0v) is 20.2. The third-order valence-corrected chi connectivity index (χ3v) is 6.15. The molecule has 1 aliphatic rings. The first kappa shape index (κ1) is 26.0. The number of carbonyl (C=O) groups excluding carboxylic acids is 1. The van der Waals surface area contributed by atoms with Crippen LogP contribution in [0.25, 0.3) is 0 Å². The van der Waals surface area contributed by atoms with Gasteiger partial charge in [-0.3, -0.25) is 4.79 Å². The normalized spacial score (nSPS) is 25.9. The van der Waals surface area contributed by atoms with Gasteiger partial charge >= 0.3 is 5.97 Å². The van der Waals surface area contributed by atoms with Gasteiger partial charge in [-0.05, 0) is 16.7 Å². The van der Waals surface area contributed by atoms with Crippen LogP contribution in [0.15, 0.2) is 91.0 Å². The van der Waals surface area contributed by atoms with Crippen molar-refractivity contribution in [2.45, 2.75) is 63.4 Å². The predicted octanol–water partition coefficient (Wildman–Crippen LogP) is 3.41. The molecule has 3 aromatic rings. The lowest BCUT2D eigenvalue weighted by atomic mass is 9.84. The van der Waals surface area contributed by atoms with Crippen LogP contribution in [-0.2, 0) is 43.6 Å². The Morgan fingerprint density at radius 1 is 0.583 bits per heavy atom. The van der Waals surface area contributed by atoms with E-state index in [2.05, 4.69) is 0 Å². The summed E-state index contributed by atoms with van der Waals surface area (Å²) in [5, 5.41) is 22.4. The Balaban J connectivity index is 1.60. The molecule has 0 aliphatic heterocycles. The van der Waals surface area contributed by atoms with Gasteiger partial charge in [0.15, 0.2) is 6.10 Å². The second-order valence-corrected chi connectivity index (χ2v) is 8.84. The van der Waals surface area contributed by atoms with E-state index in [0.29, 0.717) is 0 Å². The maximum Gasteiger partial charge on any atom is 0.303 e. The molecule has 36 heavy (non-hydrogen) atoms. The summed E-state index contributed by atoms with van der Waals surface area (Å²) in [7, 11) is 0. The van der Waals surface area contributed by atoms with Crippen LogP contribution in [0.3, 0.4) is 0 Å². The maximum absolute atomic E-state index is 11.8. The summed E-state index contributed by atoms with van der Waals surface area (Å²) < 4.78 is 23.9. The van der Waals surface area contributed by atoms with Gasteiger partial charge in [0, 0.05) is 6.92 Å². The highest BCUT2D eigenvalue weighted by Gasteiger charge is 2.53. The van der Waals surface area contributed by atoms with Crippen LogP contribution in [0.2, 0.25) is 0 Å². The lowest BCUT2D eigenvalue weighted by Gasteiger charge is -2.46. The highest BCUT2D eigenvalue weighted by atomic mass is 16.6. The van der Waals surface area contributed by atoms with Gasteiger partial charge in [0.25, 0.3) is 0 Å². The molecule has 7 nitrogen and oxygen atoms in total. The van der Waals surface area contributed by atoms with E-state index in [1.165, 1.54) is 6.92 Å². The lowest BCUT2D eigenvalue weighted by molar-refractivity contribution is -0.267. The fourth-order valence-corrected chi connectivity index (χ4v) is 4.36. The minimum absolute atomic E-state index is 0.196. The van der Waals surface area contributed by atoms with E-state index in [4.69, 9.17) is 18.9 Å². The third kappa shape index (κ3) is 6.78. The summed E-state index contributed by atoms with van der Waals surface area (Å²) in [6.45, 7) is 1.85. The summed E-state index contributed by atoms with van der Waals surface area (Å²) in [5.41, 5.74) is 2.74.